The average Bonchev–Trinajstić information content (AvgIpc) is 2.62. The summed E-state index contributed by atoms with van der Waals surface area (Å²) in [7, 11) is 0. The summed E-state index contributed by atoms with van der Waals surface area (Å²) in [5.41, 5.74) is 9.94. The number of pyridine rings is 2. The summed E-state index contributed by atoms with van der Waals surface area (Å²) in [6, 6.07) is 5.73. The summed E-state index contributed by atoms with van der Waals surface area (Å²) in [5.74, 6) is 1.54. The van der Waals surface area contributed by atoms with Gasteiger partial charge in [0.2, 0.25) is 0 Å². The first-order valence-electron chi connectivity index (χ1n) is 7.62. The van der Waals surface area contributed by atoms with Gasteiger partial charge in [-0.2, -0.15) is 0 Å². The summed E-state index contributed by atoms with van der Waals surface area (Å²) >= 11 is 3.43. The lowest BCUT2D eigenvalue weighted by atomic mass is 10.0. The quantitative estimate of drug-likeness (QED) is 0.733. The maximum absolute atomic E-state index is 6.11. The maximum Gasteiger partial charge on any atom is 0.163 e. The van der Waals surface area contributed by atoms with E-state index in [0.29, 0.717) is 12.4 Å². The Morgan fingerprint density at radius 1 is 1.12 bits per heavy atom. The number of nitrogen functional groups attached to an aromatic ring is 1. The van der Waals surface area contributed by atoms with E-state index in [9.17, 15) is 0 Å². The Bertz CT molecular complexity index is 898. The summed E-state index contributed by atoms with van der Waals surface area (Å²) in [6.45, 7) is 1.57. The minimum atomic E-state index is 0.659. The van der Waals surface area contributed by atoms with Crippen LogP contribution in [0.4, 0.5) is 11.5 Å². The van der Waals surface area contributed by atoms with Gasteiger partial charge in [0.15, 0.2) is 5.82 Å². The van der Waals surface area contributed by atoms with Crippen molar-refractivity contribution in [1.29, 1.82) is 0 Å². The third kappa shape index (κ3) is 2.82. The second kappa shape index (κ2) is 6.16. The summed E-state index contributed by atoms with van der Waals surface area (Å²) in [5, 5.41) is 0. The van der Waals surface area contributed by atoms with Crippen molar-refractivity contribution in [2.24, 2.45) is 0 Å². The molecule has 6 nitrogen and oxygen atoms in total. The molecule has 0 saturated carbocycles. The Labute approximate surface area is 147 Å². The van der Waals surface area contributed by atoms with Crippen LogP contribution in [0.3, 0.4) is 0 Å². The topological polar surface area (TPSA) is 80.8 Å². The standard InChI is InChI=1S/C17H15BrN6/c18-12-7-11(8-20-9-12)17-22-5-2-16(23-17)24-6-3-15-13(10-24)14(19)1-4-21-15/h1-2,4-5,7-9H,3,6,10H2,(H2,19,21). The van der Waals surface area contributed by atoms with Gasteiger partial charge in [0.05, 0.1) is 0 Å². The molecule has 3 aromatic rings. The lowest BCUT2D eigenvalue weighted by Gasteiger charge is -2.30. The van der Waals surface area contributed by atoms with Crippen molar-refractivity contribution in [1.82, 2.24) is 19.9 Å². The summed E-state index contributed by atoms with van der Waals surface area (Å²) in [6.07, 6.45) is 7.91. The van der Waals surface area contributed by atoms with Crippen molar-refractivity contribution in [3.8, 4) is 11.4 Å². The third-order valence-corrected chi connectivity index (χ3v) is 4.51. The van der Waals surface area contributed by atoms with E-state index < -0.39 is 0 Å². The Hall–Kier alpha value is -2.54. The predicted octanol–water partition coefficient (Wildman–Crippen LogP) is 2.84. The molecular weight excluding hydrogens is 368 g/mol. The Balaban J connectivity index is 1.66. The molecule has 0 fully saturated rings. The average molecular weight is 383 g/mol. The SMILES string of the molecule is Nc1ccnc2c1CN(c1ccnc(-c3cncc(Br)c3)n1)CC2. The number of rotatable bonds is 2. The van der Waals surface area contributed by atoms with Crippen LogP contribution >= 0.6 is 15.9 Å². The number of halogens is 1. The Morgan fingerprint density at radius 2 is 2.00 bits per heavy atom. The second-order valence-corrected chi connectivity index (χ2v) is 6.54. The van der Waals surface area contributed by atoms with E-state index in [0.717, 1.165) is 45.8 Å². The molecule has 0 atom stereocenters. The molecule has 24 heavy (non-hydrogen) atoms. The van der Waals surface area contributed by atoms with Gasteiger partial charge in [0.25, 0.3) is 0 Å². The molecule has 0 unspecified atom stereocenters. The van der Waals surface area contributed by atoms with Crippen LogP contribution in [-0.4, -0.2) is 26.5 Å². The fraction of sp³-hybridized carbons (Fsp3) is 0.176. The molecule has 7 heteroatoms. The Kier molecular flexibility index (Phi) is 3.86. The molecule has 4 heterocycles. The van der Waals surface area contributed by atoms with Crippen LogP contribution in [0.2, 0.25) is 0 Å². The van der Waals surface area contributed by atoms with Crippen molar-refractivity contribution in [3.63, 3.8) is 0 Å². The minimum absolute atomic E-state index is 0.659. The molecule has 0 bridgehead atoms. The normalized spacial score (nSPS) is 13.6. The van der Waals surface area contributed by atoms with Crippen LogP contribution in [0, 0.1) is 0 Å². The molecule has 0 spiro atoms. The van der Waals surface area contributed by atoms with Crippen LogP contribution in [-0.2, 0) is 13.0 Å². The van der Waals surface area contributed by atoms with Gasteiger partial charge >= 0.3 is 0 Å². The smallest absolute Gasteiger partial charge is 0.163 e. The number of fused-ring (bicyclic) bond motifs is 1. The second-order valence-electron chi connectivity index (χ2n) is 5.63. The van der Waals surface area contributed by atoms with Crippen LogP contribution in [0.25, 0.3) is 11.4 Å². The molecule has 1 aliphatic rings. The van der Waals surface area contributed by atoms with Crippen LogP contribution in [0.5, 0.6) is 0 Å². The molecular formula is C17H15BrN6. The van der Waals surface area contributed by atoms with Crippen molar-refractivity contribution < 1.29 is 0 Å². The fourth-order valence-corrected chi connectivity index (χ4v) is 3.22. The van der Waals surface area contributed by atoms with E-state index in [1.54, 1.807) is 24.8 Å². The molecule has 1 aliphatic heterocycles. The van der Waals surface area contributed by atoms with Gasteiger partial charge in [-0.25, -0.2) is 9.97 Å². The van der Waals surface area contributed by atoms with Crippen molar-refractivity contribution in [2.45, 2.75) is 13.0 Å². The monoisotopic (exact) mass is 382 g/mol. The van der Waals surface area contributed by atoms with E-state index in [-0.39, 0.29) is 0 Å². The van der Waals surface area contributed by atoms with Crippen molar-refractivity contribution in [3.05, 3.63) is 58.7 Å². The van der Waals surface area contributed by atoms with Gasteiger partial charge in [-0.15, -0.1) is 0 Å². The number of aromatic nitrogens is 4. The highest BCUT2D eigenvalue weighted by atomic mass is 79.9. The number of anilines is 2. The maximum atomic E-state index is 6.11. The van der Waals surface area contributed by atoms with Crippen LogP contribution < -0.4 is 10.6 Å². The predicted molar refractivity (Wildman–Crippen MR) is 96.4 cm³/mol. The van der Waals surface area contributed by atoms with Gasteiger partial charge in [0.1, 0.15) is 5.82 Å². The highest BCUT2D eigenvalue weighted by Crippen LogP contribution is 2.27. The summed E-state index contributed by atoms with van der Waals surface area (Å²) in [4.78, 5) is 19.9. The zero-order valence-corrected chi connectivity index (χ0v) is 14.4. The van der Waals surface area contributed by atoms with E-state index >= 15 is 0 Å². The minimum Gasteiger partial charge on any atom is -0.398 e. The fourth-order valence-electron chi connectivity index (χ4n) is 2.86. The van der Waals surface area contributed by atoms with Crippen LogP contribution in [0.1, 0.15) is 11.3 Å². The Morgan fingerprint density at radius 3 is 2.88 bits per heavy atom. The van der Waals surface area contributed by atoms with Gasteiger partial charge in [-0.1, -0.05) is 0 Å². The zero-order chi connectivity index (χ0) is 16.5. The first-order valence-corrected chi connectivity index (χ1v) is 8.41. The van der Waals surface area contributed by atoms with Gasteiger partial charge in [0, 0.05) is 71.3 Å². The molecule has 3 aromatic heterocycles. The number of hydrogen-bond donors (Lipinski definition) is 1. The molecule has 120 valence electrons. The molecule has 0 aromatic carbocycles. The molecule has 2 N–H and O–H groups in total. The molecule has 0 radical (unpaired) electrons. The van der Waals surface area contributed by atoms with E-state index in [4.69, 9.17) is 10.7 Å². The number of hydrogen-bond acceptors (Lipinski definition) is 6. The highest BCUT2D eigenvalue weighted by Gasteiger charge is 2.20. The summed E-state index contributed by atoms with van der Waals surface area (Å²) < 4.78 is 0.903. The lowest BCUT2D eigenvalue weighted by molar-refractivity contribution is 0.704. The molecule has 0 amide bonds. The van der Waals surface area contributed by atoms with Gasteiger partial charge in [-0.3, -0.25) is 9.97 Å². The third-order valence-electron chi connectivity index (χ3n) is 4.08. The van der Waals surface area contributed by atoms with E-state index in [1.165, 1.54) is 0 Å². The van der Waals surface area contributed by atoms with E-state index in [2.05, 4.69) is 35.8 Å². The lowest BCUT2D eigenvalue weighted by Crippen LogP contribution is -2.32. The van der Waals surface area contributed by atoms with Gasteiger partial charge < -0.3 is 10.6 Å². The number of nitrogens with two attached hydrogens (primary N) is 1. The largest absolute Gasteiger partial charge is 0.398 e. The first kappa shape index (κ1) is 15.0. The molecule has 0 aliphatic carbocycles. The molecule has 0 saturated heterocycles. The van der Waals surface area contributed by atoms with Crippen molar-refractivity contribution in [2.75, 3.05) is 17.2 Å². The first-order chi connectivity index (χ1) is 11.7. The van der Waals surface area contributed by atoms with Gasteiger partial charge in [-0.05, 0) is 34.1 Å². The number of nitrogens with zero attached hydrogens (tertiary/aromatic N) is 5. The zero-order valence-electron chi connectivity index (χ0n) is 12.9. The van der Waals surface area contributed by atoms with Crippen LogP contribution in [0.15, 0.2) is 47.5 Å². The molecule has 4 rings (SSSR count). The van der Waals surface area contributed by atoms with E-state index in [1.807, 2.05) is 18.2 Å². The van der Waals surface area contributed by atoms with Crippen molar-refractivity contribution >= 4 is 27.4 Å². The highest BCUT2D eigenvalue weighted by molar-refractivity contribution is 9.10.